The smallest absolute Gasteiger partial charge is 0.129 e. The van der Waals surface area contributed by atoms with Gasteiger partial charge in [0.05, 0.1) is 13.2 Å². The summed E-state index contributed by atoms with van der Waals surface area (Å²) in [7, 11) is -1.55. The van der Waals surface area contributed by atoms with Crippen LogP contribution in [0, 0.1) is 11.5 Å². The third-order valence-electron chi connectivity index (χ3n) is 16.5. The van der Waals surface area contributed by atoms with Crippen LogP contribution in [0.1, 0.15) is 186 Å². The van der Waals surface area contributed by atoms with Crippen LogP contribution >= 0.6 is 0 Å². The van der Waals surface area contributed by atoms with Gasteiger partial charge in [0.15, 0.2) is 0 Å². The van der Waals surface area contributed by atoms with Crippen molar-refractivity contribution in [2.75, 3.05) is 18.1 Å². The second kappa shape index (κ2) is 30.5. The third kappa shape index (κ3) is 16.4. The minimum Gasteiger partial charge on any atom is -0.494 e. The van der Waals surface area contributed by atoms with Gasteiger partial charge < -0.3 is 14.4 Å². The highest BCUT2D eigenvalue weighted by molar-refractivity contribution is 6.83. The Labute approximate surface area is 486 Å². The summed E-state index contributed by atoms with van der Waals surface area (Å²) in [4.78, 5) is 2.40. The molecule has 420 valence electrons. The lowest BCUT2D eigenvalue weighted by molar-refractivity contribution is 0.305. The molecule has 0 amide bonds. The quantitative estimate of drug-likeness (QED) is 0.0238. The molecule has 8 rings (SSSR count). The van der Waals surface area contributed by atoms with Crippen molar-refractivity contribution < 1.29 is 9.47 Å². The standard InChI is InChI=1S/C76H95NO2Si/c1-8-12-16-20-22-24-53-76(54-25-23-21-17-13-9-2)74-58-60(52-57-80(5,6)7)28-50-72(74)73-51-39-66(59-75(73)76)65-33-44-69(45-34-65)77(67-40-29-61(30-41-67)63-35-46-70(47-36-63)78-55-26-18-14-10-3)68-42-31-62(32-43-68)64-37-48-71(49-38-64)79-56-27-19-15-11-4/h28-51,58-59H,8-27,53-56H2,1-7H3. The lowest BCUT2D eigenvalue weighted by Crippen LogP contribution is -2.26. The number of rotatable bonds is 32. The van der Waals surface area contributed by atoms with E-state index in [1.54, 1.807) is 0 Å². The number of nitrogens with zero attached hydrogens (tertiary/aromatic N) is 1. The number of hydrogen-bond acceptors (Lipinski definition) is 3. The van der Waals surface area contributed by atoms with Crippen LogP contribution in [-0.2, 0) is 5.41 Å². The number of anilines is 3. The molecule has 0 spiro atoms. The molecule has 0 bridgehead atoms. The van der Waals surface area contributed by atoms with Gasteiger partial charge in [-0.3, -0.25) is 0 Å². The fourth-order valence-electron chi connectivity index (χ4n) is 11.9. The lowest BCUT2D eigenvalue weighted by atomic mass is 9.70. The van der Waals surface area contributed by atoms with Crippen molar-refractivity contribution in [3.63, 3.8) is 0 Å². The molecule has 0 atom stereocenters. The Kier molecular flexibility index (Phi) is 22.8. The van der Waals surface area contributed by atoms with E-state index >= 15 is 0 Å². The molecule has 7 aromatic carbocycles. The molecule has 7 aromatic rings. The van der Waals surface area contributed by atoms with E-state index < -0.39 is 8.07 Å². The summed E-state index contributed by atoms with van der Waals surface area (Å²) >= 11 is 0. The van der Waals surface area contributed by atoms with Gasteiger partial charge in [-0.1, -0.05) is 248 Å². The lowest BCUT2D eigenvalue weighted by Gasteiger charge is -2.33. The summed E-state index contributed by atoms with van der Waals surface area (Å²) in [6.45, 7) is 17.7. The first kappa shape index (κ1) is 59.8. The molecule has 0 saturated carbocycles. The predicted octanol–water partition coefficient (Wildman–Crippen LogP) is 23.1. The van der Waals surface area contributed by atoms with Crippen molar-refractivity contribution in [3.8, 4) is 67.5 Å². The second-order valence-corrected chi connectivity index (χ2v) is 28.7. The van der Waals surface area contributed by atoms with Gasteiger partial charge >= 0.3 is 0 Å². The summed E-state index contributed by atoms with van der Waals surface area (Å²) in [5.74, 6) is 5.55. The Balaban J connectivity index is 1.11. The highest BCUT2D eigenvalue weighted by atomic mass is 28.3. The van der Waals surface area contributed by atoms with Crippen LogP contribution in [0.2, 0.25) is 19.6 Å². The summed E-state index contributed by atoms with van der Waals surface area (Å²) in [6.07, 6.45) is 27.6. The van der Waals surface area contributed by atoms with Crippen LogP contribution in [0.15, 0.2) is 158 Å². The van der Waals surface area contributed by atoms with Crippen molar-refractivity contribution in [2.24, 2.45) is 0 Å². The van der Waals surface area contributed by atoms with Gasteiger partial charge in [0.25, 0.3) is 0 Å². The first-order valence-corrected chi connectivity index (χ1v) is 35.0. The Hall–Kier alpha value is -6.28. The Bertz CT molecular complexity index is 2890. The van der Waals surface area contributed by atoms with E-state index in [4.69, 9.17) is 9.47 Å². The van der Waals surface area contributed by atoms with Gasteiger partial charge in [0.2, 0.25) is 0 Å². The molecule has 0 fully saturated rings. The molecule has 3 nitrogen and oxygen atoms in total. The van der Waals surface area contributed by atoms with E-state index in [2.05, 4.69) is 221 Å². The maximum Gasteiger partial charge on any atom is 0.129 e. The largest absolute Gasteiger partial charge is 0.494 e. The molecular formula is C76H95NO2Si. The van der Waals surface area contributed by atoms with Crippen LogP contribution in [0.4, 0.5) is 17.1 Å². The Morgan fingerprint density at radius 2 is 0.700 bits per heavy atom. The topological polar surface area (TPSA) is 21.7 Å². The van der Waals surface area contributed by atoms with E-state index in [1.165, 1.54) is 190 Å². The average Bonchev–Trinajstić information content (AvgIpc) is 3.76. The predicted molar refractivity (Wildman–Crippen MR) is 349 cm³/mol. The first-order chi connectivity index (χ1) is 39.1. The molecule has 0 heterocycles. The first-order valence-electron chi connectivity index (χ1n) is 31.5. The van der Waals surface area contributed by atoms with E-state index in [0.717, 1.165) is 54.6 Å². The molecule has 0 unspecified atom stereocenters. The fraction of sp³-hybridized carbons (Fsp3) is 0.421. The number of hydrogen-bond donors (Lipinski definition) is 0. The van der Waals surface area contributed by atoms with E-state index in [-0.39, 0.29) is 5.41 Å². The van der Waals surface area contributed by atoms with Gasteiger partial charge in [-0.25, -0.2) is 0 Å². The van der Waals surface area contributed by atoms with Gasteiger partial charge in [0.1, 0.15) is 19.6 Å². The molecule has 0 N–H and O–H groups in total. The zero-order chi connectivity index (χ0) is 56.0. The van der Waals surface area contributed by atoms with Crippen LogP contribution in [0.25, 0.3) is 44.5 Å². The molecule has 1 aliphatic rings. The van der Waals surface area contributed by atoms with Crippen LogP contribution < -0.4 is 14.4 Å². The molecule has 0 radical (unpaired) electrons. The Morgan fingerprint density at radius 3 is 1.11 bits per heavy atom. The van der Waals surface area contributed by atoms with Gasteiger partial charge in [-0.15, -0.1) is 5.54 Å². The highest BCUT2D eigenvalue weighted by Gasteiger charge is 2.42. The van der Waals surface area contributed by atoms with Crippen LogP contribution in [-0.4, -0.2) is 21.3 Å². The molecule has 0 aromatic heterocycles. The average molecular weight is 1080 g/mol. The summed E-state index contributed by atoms with van der Waals surface area (Å²) in [5, 5.41) is 0. The maximum atomic E-state index is 6.10. The highest BCUT2D eigenvalue weighted by Crippen LogP contribution is 2.55. The van der Waals surface area contributed by atoms with Crippen molar-refractivity contribution in [1.82, 2.24) is 0 Å². The monoisotopic (exact) mass is 1080 g/mol. The third-order valence-corrected chi connectivity index (χ3v) is 17.3. The number of ether oxygens (including phenoxy) is 2. The Morgan fingerprint density at radius 1 is 0.362 bits per heavy atom. The molecule has 1 aliphatic carbocycles. The molecule has 80 heavy (non-hydrogen) atoms. The number of benzene rings is 7. The molecule has 4 heteroatoms. The second-order valence-electron chi connectivity index (χ2n) is 24.0. The van der Waals surface area contributed by atoms with E-state index in [9.17, 15) is 0 Å². The number of unbranched alkanes of at least 4 members (excludes halogenated alkanes) is 16. The molecular weight excluding hydrogens is 987 g/mol. The summed E-state index contributed by atoms with van der Waals surface area (Å²) < 4.78 is 12.2. The van der Waals surface area contributed by atoms with Crippen molar-refractivity contribution in [1.29, 1.82) is 0 Å². The van der Waals surface area contributed by atoms with E-state index in [0.29, 0.717) is 0 Å². The zero-order valence-corrected chi connectivity index (χ0v) is 51.2. The zero-order valence-electron chi connectivity index (χ0n) is 50.2. The maximum absolute atomic E-state index is 6.10. The minimum atomic E-state index is -1.55. The fourth-order valence-corrected chi connectivity index (χ4v) is 12.4. The van der Waals surface area contributed by atoms with E-state index in [1.807, 2.05) is 0 Å². The number of fused-ring (bicyclic) bond motifs is 3. The molecule has 0 saturated heterocycles. The van der Waals surface area contributed by atoms with Crippen molar-refractivity contribution in [3.05, 3.63) is 174 Å². The van der Waals surface area contributed by atoms with Gasteiger partial charge in [0, 0.05) is 28.0 Å². The van der Waals surface area contributed by atoms with Crippen molar-refractivity contribution in [2.45, 2.75) is 194 Å². The van der Waals surface area contributed by atoms with Crippen LogP contribution in [0.3, 0.4) is 0 Å². The van der Waals surface area contributed by atoms with Crippen molar-refractivity contribution >= 4 is 25.1 Å². The van der Waals surface area contributed by atoms with Gasteiger partial charge in [-0.05, 0) is 160 Å². The minimum absolute atomic E-state index is 0.0322. The van der Waals surface area contributed by atoms with Crippen LogP contribution in [0.5, 0.6) is 11.5 Å². The summed E-state index contributed by atoms with van der Waals surface area (Å²) in [6, 6.07) is 59.3. The normalized spacial score (nSPS) is 12.4. The van der Waals surface area contributed by atoms with Gasteiger partial charge in [-0.2, -0.15) is 0 Å². The SMILES string of the molecule is CCCCCCCCC1(CCCCCCCC)c2cc(C#C[Si](C)(C)C)ccc2-c2ccc(-c3ccc(N(c4ccc(-c5ccc(OCCCCCC)cc5)cc4)c4ccc(-c5ccc(OCCCCCC)cc5)cc4)cc3)cc21. The molecule has 0 aliphatic heterocycles. The summed E-state index contributed by atoms with van der Waals surface area (Å²) in [5.41, 5.74) is 21.3.